The summed E-state index contributed by atoms with van der Waals surface area (Å²) < 4.78 is 42.4. The maximum absolute atomic E-state index is 12.3. The number of halogens is 3. The van der Waals surface area contributed by atoms with E-state index < -0.39 is 12.7 Å². The summed E-state index contributed by atoms with van der Waals surface area (Å²) in [5.41, 5.74) is 6.13. The van der Waals surface area contributed by atoms with Gasteiger partial charge in [-0.25, -0.2) is 0 Å². The summed E-state index contributed by atoms with van der Waals surface area (Å²) in [7, 11) is 0. The Morgan fingerprint density at radius 3 is 2.55 bits per heavy atom. The zero-order chi connectivity index (χ0) is 15.2. The van der Waals surface area contributed by atoms with Crippen molar-refractivity contribution in [2.24, 2.45) is 5.73 Å². The van der Waals surface area contributed by atoms with Crippen molar-refractivity contribution in [3.63, 3.8) is 0 Å². The molecular formula is C13H17F3N2OS. The molecule has 3 nitrogen and oxygen atoms in total. The van der Waals surface area contributed by atoms with Crippen molar-refractivity contribution < 1.29 is 17.9 Å². The van der Waals surface area contributed by atoms with Gasteiger partial charge in [0, 0.05) is 6.54 Å². The second kappa shape index (κ2) is 7.44. The second-order valence-electron chi connectivity index (χ2n) is 4.19. The third-order valence-corrected chi connectivity index (χ3v) is 2.89. The molecule has 0 heterocycles. The fraction of sp³-hybridized carbons (Fsp3) is 0.462. The van der Waals surface area contributed by atoms with Gasteiger partial charge in [0.1, 0.15) is 17.3 Å². The van der Waals surface area contributed by atoms with E-state index in [1.165, 1.54) is 4.90 Å². The number of likely N-dealkylation sites (N-methyl/N-ethyl adjacent to an activating group) is 1. The fourth-order valence-corrected chi connectivity index (χ4v) is 1.85. The van der Waals surface area contributed by atoms with Crippen molar-refractivity contribution in [3.05, 3.63) is 29.8 Å². The van der Waals surface area contributed by atoms with Crippen molar-refractivity contribution in [2.75, 3.05) is 26.2 Å². The molecule has 0 aliphatic rings. The van der Waals surface area contributed by atoms with Gasteiger partial charge in [-0.15, -0.1) is 0 Å². The van der Waals surface area contributed by atoms with E-state index in [0.717, 1.165) is 0 Å². The first-order valence-corrected chi connectivity index (χ1v) is 6.55. The first-order chi connectivity index (χ1) is 9.33. The van der Waals surface area contributed by atoms with Gasteiger partial charge in [-0.2, -0.15) is 13.2 Å². The molecular weight excluding hydrogens is 289 g/mol. The van der Waals surface area contributed by atoms with Crippen LogP contribution in [0.1, 0.15) is 12.5 Å². The molecule has 0 amide bonds. The fourth-order valence-electron chi connectivity index (χ4n) is 1.68. The molecule has 0 fully saturated rings. The van der Waals surface area contributed by atoms with Gasteiger partial charge in [0.05, 0.1) is 12.1 Å². The number of hydrogen-bond donors (Lipinski definition) is 1. The van der Waals surface area contributed by atoms with Gasteiger partial charge in [0.2, 0.25) is 0 Å². The van der Waals surface area contributed by atoms with E-state index in [-0.39, 0.29) is 18.1 Å². The number of nitrogens with two attached hydrogens (primary N) is 1. The highest BCUT2D eigenvalue weighted by Gasteiger charge is 2.29. The van der Waals surface area contributed by atoms with Crippen LogP contribution in [0.5, 0.6) is 5.75 Å². The van der Waals surface area contributed by atoms with Gasteiger partial charge >= 0.3 is 6.18 Å². The molecule has 0 radical (unpaired) electrons. The quantitative estimate of drug-likeness (QED) is 0.786. The number of benzene rings is 1. The van der Waals surface area contributed by atoms with Gasteiger partial charge in [0.25, 0.3) is 0 Å². The first-order valence-electron chi connectivity index (χ1n) is 6.14. The predicted octanol–water partition coefficient (Wildman–Crippen LogP) is 2.58. The summed E-state index contributed by atoms with van der Waals surface area (Å²) >= 11 is 4.88. The molecule has 0 bridgehead atoms. The van der Waals surface area contributed by atoms with E-state index in [0.29, 0.717) is 17.9 Å². The molecule has 20 heavy (non-hydrogen) atoms. The zero-order valence-electron chi connectivity index (χ0n) is 11.1. The van der Waals surface area contributed by atoms with Crippen LogP contribution in [0.4, 0.5) is 13.2 Å². The molecule has 0 aliphatic carbocycles. The molecule has 0 spiro atoms. The highest BCUT2D eigenvalue weighted by Crippen LogP contribution is 2.18. The Hall–Kier alpha value is -1.34. The molecule has 0 aromatic heterocycles. The lowest BCUT2D eigenvalue weighted by Crippen LogP contribution is -2.36. The summed E-state index contributed by atoms with van der Waals surface area (Å²) in [5, 5.41) is 0. The lowest BCUT2D eigenvalue weighted by Gasteiger charge is -2.22. The maximum atomic E-state index is 12.3. The SMILES string of the molecule is CCN(CCOc1ccccc1C(N)=S)CC(F)(F)F. The predicted molar refractivity (Wildman–Crippen MR) is 76.0 cm³/mol. The van der Waals surface area contributed by atoms with Crippen LogP contribution in [0.25, 0.3) is 0 Å². The van der Waals surface area contributed by atoms with E-state index in [9.17, 15) is 13.2 Å². The number of rotatable bonds is 7. The molecule has 1 aromatic rings. The lowest BCUT2D eigenvalue weighted by molar-refractivity contribution is -0.146. The smallest absolute Gasteiger partial charge is 0.401 e. The molecule has 0 atom stereocenters. The zero-order valence-corrected chi connectivity index (χ0v) is 11.9. The minimum atomic E-state index is -4.20. The van der Waals surface area contributed by atoms with Gasteiger partial charge in [-0.05, 0) is 18.7 Å². The number of nitrogens with zero attached hydrogens (tertiary/aromatic N) is 1. The molecule has 1 rings (SSSR count). The van der Waals surface area contributed by atoms with Gasteiger partial charge in [-0.3, -0.25) is 4.90 Å². The molecule has 1 aromatic carbocycles. The van der Waals surface area contributed by atoms with E-state index >= 15 is 0 Å². The minimum Gasteiger partial charge on any atom is -0.492 e. The number of ether oxygens (including phenoxy) is 1. The Bertz CT molecular complexity index is 451. The maximum Gasteiger partial charge on any atom is 0.401 e. The summed E-state index contributed by atoms with van der Waals surface area (Å²) in [6, 6.07) is 6.92. The van der Waals surface area contributed by atoms with E-state index in [2.05, 4.69) is 0 Å². The molecule has 0 saturated heterocycles. The van der Waals surface area contributed by atoms with Crippen LogP contribution in [-0.2, 0) is 0 Å². The monoisotopic (exact) mass is 306 g/mol. The molecule has 0 unspecified atom stereocenters. The highest BCUT2D eigenvalue weighted by atomic mass is 32.1. The number of para-hydroxylation sites is 1. The molecule has 7 heteroatoms. The Balaban J connectivity index is 2.53. The van der Waals surface area contributed by atoms with Crippen LogP contribution in [0.3, 0.4) is 0 Å². The largest absolute Gasteiger partial charge is 0.492 e. The van der Waals surface area contributed by atoms with Crippen LogP contribution in [0.2, 0.25) is 0 Å². The number of thiocarbonyl (C=S) groups is 1. The normalized spacial score (nSPS) is 11.7. The van der Waals surface area contributed by atoms with Crippen LogP contribution >= 0.6 is 12.2 Å². The molecule has 112 valence electrons. The third-order valence-electron chi connectivity index (χ3n) is 2.67. The lowest BCUT2D eigenvalue weighted by atomic mass is 10.2. The minimum absolute atomic E-state index is 0.142. The van der Waals surface area contributed by atoms with Crippen LogP contribution in [0.15, 0.2) is 24.3 Å². The first kappa shape index (κ1) is 16.7. The van der Waals surface area contributed by atoms with E-state index in [1.807, 2.05) is 0 Å². The van der Waals surface area contributed by atoms with Crippen molar-refractivity contribution in [1.29, 1.82) is 0 Å². The Morgan fingerprint density at radius 1 is 1.35 bits per heavy atom. The van der Waals surface area contributed by atoms with Crippen molar-refractivity contribution in [3.8, 4) is 5.75 Å². The van der Waals surface area contributed by atoms with Gasteiger partial charge in [-0.1, -0.05) is 31.3 Å². The van der Waals surface area contributed by atoms with Crippen LogP contribution in [0, 0.1) is 0 Å². The van der Waals surface area contributed by atoms with Crippen molar-refractivity contribution in [2.45, 2.75) is 13.1 Å². The van der Waals surface area contributed by atoms with Gasteiger partial charge in [0.15, 0.2) is 0 Å². The number of hydrogen-bond acceptors (Lipinski definition) is 3. The summed E-state index contributed by atoms with van der Waals surface area (Å²) in [4.78, 5) is 1.46. The summed E-state index contributed by atoms with van der Waals surface area (Å²) in [6.07, 6.45) is -4.20. The number of alkyl halides is 3. The summed E-state index contributed by atoms with van der Waals surface area (Å²) in [5.74, 6) is 0.489. The van der Waals surface area contributed by atoms with Gasteiger partial charge < -0.3 is 10.5 Å². The molecule has 0 aliphatic heterocycles. The summed E-state index contributed by atoms with van der Waals surface area (Å²) in [6.45, 7) is 1.36. The highest BCUT2D eigenvalue weighted by molar-refractivity contribution is 7.80. The Labute approximate surface area is 121 Å². The molecule has 0 saturated carbocycles. The topological polar surface area (TPSA) is 38.5 Å². The standard InChI is InChI=1S/C13H17F3N2OS/c1-2-18(9-13(14,15)16)7-8-19-11-6-4-3-5-10(11)12(17)20/h3-6H,2,7-9H2,1H3,(H2,17,20). The Morgan fingerprint density at radius 2 is 2.00 bits per heavy atom. The van der Waals surface area contributed by atoms with Crippen LogP contribution < -0.4 is 10.5 Å². The van der Waals surface area contributed by atoms with Crippen molar-refractivity contribution >= 4 is 17.2 Å². The molecule has 2 N–H and O–H groups in total. The second-order valence-corrected chi connectivity index (χ2v) is 4.63. The van der Waals surface area contributed by atoms with E-state index in [4.69, 9.17) is 22.7 Å². The Kier molecular flexibility index (Phi) is 6.22. The average molecular weight is 306 g/mol. The third kappa shape index (κ3) is 5.75. The van der Waals surface area contributed by atoms with Crippen molar-refractivity contribution in [1.82, 2.24) is 4.90 Å². The van der Waals surface area contributed by atoms with Crippen LogP contribution in [-0.4, -0.2) is 42.3 Å². The average Bonchev–Trinajstić information content (AvgIpc) is 2.36. The van der Waals surface area contributed by atoms with E-state index in [1.54, 1.807) is 31.2 Å².